The summed E-state index contributed by atoms with van der Waals surface area (Å²) in [5.41, 5.74) is 5.22. The second-order valence-electron chi connectivity index (χ2n) is 5.13. The molecular formula is C12H19N3O4S2. The Kier molecular flexibility index (Phi) is 4.84. The number of thiophene rings is 1. The monoisotopic (exact) mass is 333 g/mol. The van der Waals surface area contributed by atoms with Gasteiger partial charge in [0.15, 0.2) is 5.00 Å². The molecule has 9 heteroatoms. The molecule has 0 radical (unpaired) electrons. The molecule has 118 valence electrons. The van der Waals surface area contributed by atoms with E-state index in [0.29, 0.717) is 6.54 Å². The van der Waals surface area contributed by atoms with Gasteiger partial charge in [-0.15, -0.1) is 0 Å². The molecule has 0 saturated carbocycles. The quantitative estimate of drug-likeness (QED) is 0.658. The molecule has 21 heavy (non-hydrogen) atoms. The van der Waals surface area contributed by atoms with Crippen molar-refractivity contribution in [1.82, 2.24) is 4.31 Å². The lowest BCUT2D eigenvalue weighted by atomic mass is 10.0. The van der Waals surface area contributed by atoms with Crippen LogP contribution in [0.2, 0.25) is 0 Å². The molecule has 1 aliphatic rings. The summed E-state index contributed by atoms with van der Waals surface area (Å²) < 4.78 is 26.9. The second kappa shape index (κ2) is 6.29. The van der Waals surface area contributed by atoms with Gasteiger partial charge in [0.05, 0.1) is 4.92 Å². The van der Waals surface area contributed by atoms with Crippen molar-refractivity contribution in [2.24, 2.45) is 0 Å². The highest BCUT2D eigenvalue weighted by atomic mass is 32.2. The molecule has 0 amide bonds. The molecule has 0 aromatic carbocycles. The molecule has 1 fully saturated rings. The van der Waals surface area contributed by atoms with Crippen LogP contribution in [0.15, 0.2) is 10.3 Å². The lowest BCUT2D eigenvalue weighted by molar-refractivity contribution is -0.383. The Hall–Kier alpha value is -1.19. The van der Waals surface area contributed by atoms with E-state index in [4.69, 9.17) is 5.73 Å². The molecule has 0 bridgehead atoms. The summed E-state index contributed by atoms with van der Waals surface area (Å²) in [5, 5.41) is 10.8. The summed E-state index contributed by atoms with van der Waals surface area (Å²) in [6.07, 6.45) is 4.40. The van der Waals surface area contributed by atoms with Gasteiger partial charge in [-0.2, -0.15) is 4.31 Å². The molecule has 1 aromatic heterocycles. The Bertz CT molecular complexity index is 624. The van der Waals surface area contributed by atoms with E-state index in [-0.39, 0.29) is 20.9 Å². The maximum absolute atomic E-state index is 12.7. The minimum atomic E-state index is -3.70. The van der Waals surface area contributed by atoms with Gasteiger partial charge < -0.3 is 5.73 Å². The van der Waals surface area contributed by atoms with Crippen LogP contribution in [-0.2, 0) is 10.0 Å². The van der Waals surface area contributed by atoms with E-state index in [1.807, 2.05) is 6.92 Å². The molecule has 0 spiro atoms. The molecule has 0 aliphatic carbocycles. The molecule has 2 N–H and O–H groups in total. The Balaban J connectivity index is 2.36. The van der Waals surface area contributed by atoms with Gasteiger partial charge in [-0.05, 0) is 19.3 Å². The Morgan fingerprint density at radius 1 is 1.52 bits per heavy atom. The van der Waals surface area contributed by atoms with Crippen LogP contribution in [0, 0.1) is 10.1 Å². The van der Waals surface area contributed by atoms with Crippen molar-refractivity contribution >= 4 is 32.0 Å². The number of hydrogen-bond donors (Lipinski definition) is 1. The summed E-state index contributed by atoms with van der Waals surface area (Å²) in [6, 6.07) is 1.06. The van der Waals surface area contributed by atoms with Gasteiger partial charge in [0, 0.05) is 18.7 Å². The fourth-order valence-corrected chi connectivity index (χ4v) is 5.74. The van der Waals surface area contributed by atoms with Crippen LogP contribution in [0.4, 0.5) is 10.7 Å². The summed E-state index contributed by atoms with van der Waals surface area (Å²) in [4.78, 5) is 10.2. The fraction of sp³-hybridized carbons (Fsp3) is 0.667. The minimum Gasteiger partial charge on any atom is -0.385 e. The lowest BCUT2D eigenvalue weighted by Crippen LogP contribution is -2.43. The van der Waals surface area contributed by atoms with Crippen molar-refractivity contribution in [2.75, 3.05) is 12.3 Å². The number of hydrogen-bond acceptors (Lipinski definition) is 6. The van der Waals surface area contributed by atoms with E-state index in [0.717, 1.165) is 49.5 Å². The predicted octanol–water partition coefficient (Wildman–Crippen LogP) is 2.58. The first-order valence-electron chi connectivity index (χ1n) is 6.93. The van der Waals surface area contributed by atoms with E-state index in [2.05, 4.69) is 0 Å². The normalized spacial score (nSPS) is 20.5. The molecule has 1 aliphatic heterocycles. The first kappa shape index (κ1) is 16.2. The third kappa shape index (κ3) is 3.19. The lowest BCUT2D eigenvalue weighted by Gasteiger charge is -2.34. The zero-order chi connectivity index (χ0) is 15.6. The number of nitro groups is 1. The Morgan fingerprint density at radius 3 is 2.81 bits per heavy atom. The van der Waals surface area contributed by atoms with E-state index in [9.17, 15) is 18.5 Å². The highest BCUT2D eigenvalue weighted by Crippen LogP contribution is 2.37. The molecule has 2 heterocycles. The Morgan fingerprint density at radius 2 is 2.24 bits per heavy atom. The summed E-state index contributed by atoms with van der Waals surface area (Å²) in [5.74, 6) is 0. The third-order valence-electron chi connectivity index (χ3n) is 3.67. The van der Waals surface area contributed by atoms with Crippen LogP contribution in [-0.4, -0.2) is 30.2 Å². The van der Waals surface area contributed by atoms with Gasteiger partial charge in [0.25, 0.3) is 10.0 Å². The summed E-state index contributed by atoms with van der Waals surface area (Å²) in [6.45, 7) is 2.49. The standard InChI is InChI=1S/C12H19N3O4S2/c1-2-5-9-6-3-4-7-14(9)21(18,19)11-8-10(15(16)17)12(13)20-11/h8-9H,2-7,13H2,1H3. The van der Waals surface area contributed by atoms with Crippen LogP contribution in [0.3, 0.4) is 0 Å². The van der Waals surface area contributed by atoms with E-state index in [1.165, 1.54) is 4.31 Å². The first-order chi connectivity index (χ1) is 9.87. The highest BCUT2D eigenvalue weighted by molar-refractivity contribution is 7.91. The number of anilines is 1. The average Bonchev–Trinajstić information content (AvgIpc) is 2.82. The zero-order valence-electron chi connectivity index (χ0n) is 11.8. The predicted molar refractivity (Wildman–Crippen MR) is 81.8 cm³/mol. The largest absolute Gasteiger partial charge is 0.385 e. The molecule has 1 atom stereocenters. The minimum absolute atomic E-state index is 0.0175. The molecular weight excluding hydrogens is 314 g/mol. The average molecular weight is 333 g/mol. The van der Waals surface area contributed by atoms with Gasteiger partial charge in [-0.1, -0.05) is 31.1 Å². The van der Waals surface area contributed by atoms with Crippen molar-refractivity contribution in [1.29, 1.82) is 0 Å². The van der Waals surface area contributed by atoms with Crippen LogP contribution >= 0.6 is 11.3 Å². The zero-order valence-corrected chi connectivity index (χ0v) is 13.5. The van der Waals surface area contributed by atoms with Crippen molar-refractivity contribution in [3.8, 4) is 0 Å². The highest BCUT2D eigenvalue weighted by Gasteiger charge is 2.35. The van der Waals surface area contributed by atoms with Crippen molar-refractivity contribution in [3.63, 3.8) is 0 Å². The molecule has 7 nitrogen and oxygen atoms in total. The third-order valence-corrected chi connectivity index (χ3v) is 7.03. The fourth-order valence-electron chi connectivity index (χ4n) is 2.67. The van der Waals surface area contributed by atoms with Crippen LogP contribution in [0.1, 0.15) is 39.0 Å². The molecule has 2 rings (SSSR count). The van der Waals surface area contributed by atoms with Crippen LogP contribution in [0.5, 0.6) is 0 Å². The van der Waals surface area contributed by atoms with Gasteiger partial charge in [0.1, 0.15) is 4.21 Å². The second-order valence-corrected chi connectivity index (χ2v) is 8.33. The van der Waals surface area contributed by atoms with E-state index >= 15 is 0 Å². The number of rotatable bonds is 5. The number of piperidine rings is 1. The van der Waals surface area contributed by atoms with Gasteiger partial charge in [-0.3, -0.25) is 10.1 Å². The number of sulfonamides is 1. The summed E-state index contributed by atoms with van der Waals surface area (Å²) >= 11 is 0.770. The maximum atomic E-state index is 12.7. The van der Waals surface area contributed by atoms with E-state index in [1.54, 1.807) is 0 Å². The Labute approximate surface area is 127 Å². The molecule has 1 unspecified atom stereocenters. The van der Waals surface area contributed by atoms with E-state index < -0.39 is 14.9 Å². The molecule has 1 saturated heterocycles. The first-order valence-corrected chi connectivity index (χ1v) is 9.19. The van der Waals surface area contributed by atoms with Gasteiger partial charge >= 0.3 is 5.69 Å². The molecule has 1 aromatic rings. The van der Waals surface area contributed by atoms with Gasteiger partial charge in [-0.25, -0.2) is 8.42 Å². The van der Waals surface area contributed by atoms with Crippen molar-refractivity contribution in [3.05, 3.63) is 16.2 Å². The number of nitrogens with two attached hydrogens (primary N) is 1. The SMILES string of the molecule is CCCC1CCCCN1S(=O)(=O)c1cc([N+](=O)[O-])c(N)s1. The summed E-state index contributed by atoms with van der Waals surface area (Å²) in [7, 11) is -3.70. The van der Waals surface area contributed by atoms with Crippen molar-refractivity contribution < 1.29 is 13.3 Å². The van der Waals surface area contributed by atoms with Crippen LogP contribution < -0.4 is 5.73 Å². The van der Waals surface area contributed by atoms with Crippen molar-refractivity contribution in [2.45, 2.75) is 49.3 Å². The topological polar surface area (TPSA) is 107 Å². The van der Waals surface area contributed by atoms with Crippen LogP contribution in [0.25, 0.3) is 0 Å². The van der Waals surface area contributed by atoms with Gasteiger partial charge in [0.2, 0.25) is 0 Å². The number of nitrogen functional groups attached to an aromatic ring is 1. The smallest absolute Gasteiger partial charge is 0.304 e. The maximum Gasteiger partial charge on any atom is 0.304 e. The number of nitrogens with zero attached hydrogens (tertiary/aromatic N) is 2.